The van der Waals surface area contributed by atoms with E-state index < -0.39 is 16.1 Å². The Kier molecular flexibility index (Phi) is 3.48. The maximum atomic E-state index is 12.5. The molecule has 0 aromatic heterocycles. The van der Waals surface area contributed by atoms with Crippen molar-refractivity contribution >= 4 is 15.9 Å². The van der Waals surface area contributed by atoms with Crippen molar-refractivity contribution in [2.45, 2.75) is 10.9 Å². The third-order valence-corrected chi connectivity index (χ3v) is 4.92. The number of amides is 1. The lowest BCUT2D eigenvalue weighted by Crippen LogP contribution is -2.41. The van der Waals surface area contributed by atoms with Gasteiger partial charge in [-0.3, -0.25) is 4.79 Å². The molecule has 0 saturated carbocycles. The van der Waals surface area contributed by atoms with Crippen LogP contribution < -0.4 is 10.0 Å². The van der Waals surface area contributed by atoms with Gasteiger partial charge in [0.2, 0.25) is 10.0 Å². The van der Waals surface area contributed by atoms with Crippen molar-refractivity contribution in [2.75, 3.05) is 6.54 Å². The van der Waals surface area contributed by atoms with Crippen LogP contribution in [0.2, 0.25) is 0 Å². The lowest BCUT2D eigenvalue weighted by molar-refractivity contribution is 0.0945. The predicted molar refractivity (Wildman–Crippen MR) is 78.3 cm³/mol. The standard InChI is InChI=1S/C15H14N2O3S/c18-15-12-8-4-5-9-14(12)21(19,20)17-13(10-16-15)11-6-2-1-3-7-11/h1-9,13,17H,10H2,(H,16,18). The van der Waals surface area contributed by atoms with Crippen LogP contribution in [0.25, 0.3) is 0 Å². The lowest BCUT2D eigenvalue weighted by atomic mass is 10.1. The molecule has 0 fully saturated rings. The number of hydrogen-bond acceptors (Lipinski definition) is 3. The first-order chi connectivity index (χ1) is 10.1. The van der Waals surface area contributed by atoms with Crippen molar-refractivity contribution in [2.24, 2.45) is 0 Å². The molecule has 21 heavy (non-hydrogen) atoms. The van der Waals surface area contributed by atoms with Crippen LogP contribution in [0.1, 0.15) is 22.0 Å². The Morgan fingerprint density at radius 3 is 2.38 bits per heavy atom. The molecular weight excluding hydrogens is 288 g/mol. The molecule has 0 bridgehead atoms. The van der Waals surface area contributed by atoms with Gasteiger partial charge >= 0.3 is 0 Å². The number of carbonyl (C=O) groups is 1. The summed E-state index contributed by atoms with van der Waals surface area (Å²) in [5.74, 6) is -0.378. The summed E-state index contributed by atoms with van der Waals surface area (Å²) in [7, 11) is -3.74. The Morgan fingerprint density at radius 2 is 1.62 bits per heavy atom. The summed E-state index contributed by atoms with van der Waals surface area (Å²) < 4.78 is 27.6. The Bertz CT molecular complexity index is 773. The molecule has 3 rings (SSSR count). The van der Waals surface area contributed by atoms with Crippen LogP contribution in [0.5, 0.6) is 0 Å². The third kappa shape index (κ3) is 2.68. The summed E-state index contributed by atoms with van der Waals surface area (Å²) in [6.07, 6.45) is 0. The fourth-order valence-corrected chi connectivity index (χ4v) is 3.77. The average molecular weight is 302 g/mol. The van der Waals surface area contributed by atoms with Gasteiger partial charge < -0.3 is 5.32 Å². The minimum absolute atomic E-state index is 0.00290. The maximum absolute atomic E-state index is 12.5. The van der Waals surface area contributed by atoms with Crippen molar-refractivity contribution in [1.82, 2.24) is 10.0 Å². The molecule has 1 aliphatic rings. The highest BCUT2D eigenvalue weighted by atomic mass is 32.2. The van der Waals surface area contributed by atoms with E-state index in [0.717, 1.165) is 5.56 Å². The normalized spacial score (nSPS) is 20.8. The number of fused-ring (bicyclic) bond motifs is 1. The zero-order valence-corrected chi connectivity index (χ0v) is 11.9. The zero-order chi connectivity index (χ0) is 14.9. The molecular formula is C15H14N2O3S. The van der Waals surface area contributed by atoms with E-state index in [1.807, 2.05) is 30.3 Å². The quantitative estimate of drug-likeness (QED) is 0.837. The van der Waals surface area contributed by atoms with Gasteiger partial charge in [0.15, 0.2) is 0 Å². The SMILES string of the molecule is O=C1NCC(c2ccccc2)NS(=O)(=O)c2ccccc21. The number of nitrogens with one attached hydrogen (secondary N) is 2. The van der Waals surface area contributed by atoms with Crippen molar-refractivity contribution in [3.63, 3.8) is 0 Å². The van der Waals surface area contributed by atoms with Gasteiger partial charge in [0.1, 0.15) is 0 Å². The number of benzene rings is 2. The van der Waals surface area contributed by atoms with Gasteiger partial charge in [0.05, 0.1) is 16.5 Å². The van der Waals surface area contributed by atoms with Gasteiger partial charge in [-0.2, -0.15) is 0 Å². The molecule has 108 valence electrons. The van der Waals surface area contributed by atoms with E-state index in [1.165, 1.54) is 12.1 Å². The summed E-state index contributed by atoms with van der Waals surface area (Å²) in [5.41, 5.74) is 0.970. The first-order valence-electron chi connectivity index (χ1n) is 6.52. The number of rotatable bonds is 1. The molecule has 0 aliphatic carbocycles. The van der Waals surface area contributed by atoms with Crippen LogP contribution in [0.4, 0.5) is 0 Å². The number of sulfonamides is 1. The molecule has 1 heterocycles. The number of hydrogen-bond donors (Lipinski definition) is 2. The Labute approximate surface area is 123 Å². The van der Waals surface area contributed by atoms with Gasteiger partial charge in [-0.15, -0.1) is 0 Å². The van der Waals surface area contributed by atoms with Gasteiger partial charge in [-0.05, 0) is 17.7 Å². The molecule has 5 nitrogen and oxygen atoms in total. The highest BCUT2D eigenvalue weighted by molar-refractivity contribution is 7.89. The molecule has 1 atom stereocenters. The van der Waals surface area contributed by atoms with E-state index in [0.29, 0.717) is 0 Å². The highest BCUT2D eigenvalue weighted by Gasteiger charge is 2.28. The molecule has 2 aromatic carbocycles. The zero-order valence-electron chi connectivity index (χ0n) is 11.1. The third-order valence-electron chi connectivity index (χ3n) is 3.39. The smallest absolute Gasteiger partial charge is 0.252 e. The second-order valence-electron chi connectivity index (χ2n) is 4.79. The molecule has 2 aromatic rings. The average Bonchev–Trinajstić information content (AvgIpc) is 2.51. The monoisotopic (exact) mass is 302 g/mol. The van der Waals surface area contributed by atoms with Crippen LogP contribution >= 0.6 is 0 Å². The van der Waals surface area contributed by atoms with Crippen LogP contribution in [-0.2, 0) is 10.0 Å². The summed E-state index contributed by atoms with van der Waals surface area (Å²) in [6, 6.07) is 14.9. The minimum Gasteiger partial charge on any atom is -0.350 e. The first kappa shape index (κ1) is 13.8. The molecule has 1 unspecified atom stereocenters. The predicted octanol–water partition coefficient (Wildman–Crippen LogP) is 1.45. The van der Waals surface area contributed by atoms with E-state index in [1.54, 1.807) is 12.1 Å². The largest absolute Gasteiger partial charge is 0.350 e. The lowest BCUT2D eigenvalue weighted by Gasteiger charge is -2.23. The van der Waals surface area contributed by atoms with Crippen LogP contribution in [0.3, 0.4) is 0 Å². The van der Waals surface area contributed by atoms with Gasteiger partial charge in [0.25, 0.3) is 5.91 Å². The minimum atomic E-state index is -3.74. The summed E-state index contributed by atoms with van der Waals surface area (Å²) in [4.78, 5) is 12.1. The Morgan fingerprint density at radius 1 is 0.952 bits per heavy atom. The highest BCUT2D eigenvalue weighted by Crippen LogP contribution is 2.22. The Balaban J connectivity index is 2.06. The van der Waals surface area contributed by atoms with E-state index in [9.17, 15) is 13.2 Å². The fourth-order valence-electron chi connectivity index (χ4n) is 2.34. The number of carbonyl (C=O) groups excluding carboxylic acids is 1. The van der Waals surface area contributed by atoms with Crippen LogP contribution in [0, 0.1) is 0 Å². The molecule has 0 spiro atoms. The fraction of sp³-hybridized carbons (Fsp3) is 0.133. The molecule has 0 radical (unpaired) electrons. The second kappa shape index (κ2) is 5.31. The molecule has 1 aliphatic heterocycles. The first-order valence-corrected chi connectivity index (χ1v) is 8.01. The van der Waals surface area contributed by atoms with Crippen molar-refractivity contribution in [1.29, 1.82) is 0 Å². The van der Waals surface area contributed by atoms with Crippen molar-refractivity contribution in [3.8, 4) is 0 Å². The molecule has 2 N–H and O–H groups in total. The second-order valence-corrected chi connectivity index (χ2v) is 6.47. The summed E-state index contributed by atoms with van der Waals surface area (Å²) in [6.45, 7) is 0.205. The van der Waals surface area contributed by atoms with E-state index in [2.05, 4.69) is 10.0 Å². The van der Waals surface area contributed by atoms with Crippen molar-refractivity contribution in [3.05, 3.63) is 65.7 Å². The van der Waals surface area contributed by atoms with E-state index in [4.69, 9.17) is 0 Å². The van der Waals surface area contributed by atoms with E-state index >= 15 is 0 Å². The summed E-state index contributed by atoms with van der Waals surface area (Å²) in [5, 5.41) is 2.76. The van der Waals surface area contributed by atoms with E-state index in [-0.39, 0.29) is 22.9 Å². The molecule has 1 amide bonds. The maximum Gasteiger partial charge on any atom is 0.252 e. The van der Waals surface area contributed by atoms with Crippen LogP contribution in [-0.4, -0.2) is 20.9 Å². The molecule has 6 heteroatoms. The molecule has 0 saturated heterocycles. The topological polar surface area (TPSA) is 75.3 Å². The summed E-state index contributed by atoms with van der Waals surface area (Å²) >= 11 is 0. The van der Waals surface area contributed by atoms with Gasteiger partial charge in [-0.25, -0.2) is 13.1 Å². The van der Waals surface area contributed by atoms with Crippen molar-refractivity contribution < 1.29 is 13.2 Å². The van der Waals surface area contributed by atoms with Crippen LogP contribution in [0.15, 0.2) is 59.5 Å². The van der Waals surface area contributed by atoms with Gasteiger partial charge in [-0.1, -0.05) is 42.5 Å². The van der Waals surface area contributed by atoms with Gasteiger partial charge in [0, 0.05) is 6.54 Å². The Hall–Kier alpha value is -2.18.